The van der Waals surface area contributed by atoms with E-state index in [9.17, 15) is 13.2 Å². The van der Waals surface area contributed by atoms with Crippen molar-refractivity contribution in [2.75, 3.05) is 0 Å². The highest BCUT2D eigenvalue weighted by molar-refractivity contribution is 9.10. The minimum atomic E-state index is -3.83. The summed E-state index contributed by atoms with van der Waals surface area (Å²) in [6.07, 6.45) is 0. The van der Waals surface area contributed by atoms with Gasteiger partial charge in [-0.15, -0.1) is 4.83 Å². The highest BCUT2D eigenvalue weighted by Gasteiger charge is 2.18. The SMILES string of the molecule is Cc1ccc(C)c(S(=O)(=O)NNC(=O)c2ccccc2Br)c1. The van der Waals surface area contributed by atoms with E-state index in [1.54, 1.807) is 50.2 Å². The van der Waals surface area contributed by atoms with Crippen LogP contribution in [-0.2, 0) is 10.0 Å². The molecule has 1 amide bonds. The van der Waals surface area contributed by atoms with Gasteiger partial charge in [-0.1, -0.05) is 24.3 Å². The predicted molar refractivity (Wildman–Crippen MR) is 87.8 cm³/mol. The van der Waals surface area contributed by atoms with Gasteiger partial charge in [0.25, 0.3) is 15.9 Å². The van der Waals surface area contributed by atoms with E-state index in [-0.39, 0.29) is 4.90 Å². The van der Waals surface area contributed by atoms with Gasteiger partial charge in [0.05, 0.1) is 10.5 Å². The normalized spacial score (nSPS) is 11.2. The van der Waals surface area contributed by atoms with Gasteiger partial charge in [-0.2, -0.15) is 0 Å². The highest BCUT2D eigenvalue weighted by atomic mass is 79.9. The van der Waals surface area contributed by atoms with Crippen molar-refractivity contribution in [3.05, 3.63) is 63.6 Å². The number of rotatable bonds is 4. The molecule has 0 heterocycles. The lowest BCUT2D eigenvalue weighted by atomic mass is 10.2. The van der Waals surface area contributed by atoms with Crippen LogP contribution in [0.1, 0.15) is 21.5 Å². The summed E-state index contributed by atoms with van der Waals surface area (Å²) in [5.74, 6) is -0.540. The van der Waals surface area contributed by atoms with Crippen molar-refractivity contribution in [1.29, 1.82) is 0 Å². The molecule has 0 aromatic heterocycles. The van der Waals surface area contributed by atoms with Crippen molar-refractivity contribution < 1.29 is 13.2 Å². The molecule has 5 nitrogen and oxygen atoms in total. The van der Waals surface area contributed by atoms with Gasteiger partial charge in [0.1, 0.15) is 0 Å². The van der Waals surface area contributed by atoms with Crippen LogP contribution < -0.4 is 10.3 Å². The monoisotopic (exact) mass is 382 g/mol. The van der Waals surface area contributed by atoms with Crippen molar-refractivity contribution in [2.24, 2.45) is 0 Å². The number of halogens is 1. The Morgan fingerprint density at radius 1 is 1.09 bits per heavy atom. The van der Waals surface area contributed by atoms with E-state index in [0.717, 1.165) is 5.56 Å². The van der Waals surface area contributed by atoms with Gasteiger partial charge in [-0.3, -0.25) is 10.2 Å². The average Bonchev–Trinajstić information content (AvgIpc) is 2.48. The molecule has 2 aromatic carbocycles. The molecule has 0 aliphatic carbocycles. The third-order valence-corrected chi connectivity index (χ3v) is 5.13. The lowest BCUT2D eigenvalue weighted by molar-refractivity contribution is 0.0944. The largest absolute Gasteiger partial charge is 0.273 e. The summed E-state index contributed by atoms with van der Waals surface area (Å²) in [5, 5.41) is 0. The fraction of sp³-hybridized carbons (Fsp3) is 0.133. The second-order valence-corrected chi connectivity index (χ2v) is 7.31. The van der Waals surface area contributed by atoms with E-state index >= 15 is 0 Å². The van der Waals surface area contributed by atoms with Gasteiger partial charge in [0.15, 0.2) is 0 Å². The Morgan fingerprint density at radius 2 is 1.77 bits per heavy atom. The Kier molecular flexibility index (Phi) is 5.00. The van der Waals surface area contributed by atoms with Crippen LogP contribution >= 0.6 is 15.9 Å². The van der Waals surface area contributed by atoms with Gasteiger partial charge in [0.2, 0.25) is 0 Å². The molecule has 2 N–H and O–H groups in total. The molecule has 0 saturated carbocycles. The van der Waals surface area contributed by atoms with E-state index in [1.807, 2.05) is 6.07 Å². The van der Waals surface area contributed by atoms with Gasteiger partial charge < -0.3 is 0 Å². The summed E-state index contributed by atoms with van der Waals surface area (Å²) in [5.41, 5.74) is 3.98. The molecule has 0 bridgehead atoms. The number of carbonyl (C=O) groups excluding carboxylic acids is 1. The Balaban J connectivity index is 2.18. The summed E-state index contributed by atoms with van der Waals surface area (Å²) in [6.45, 7) is 3.50. The molecule has 0 unspecified atom stereocenters. The molecule has 0 fully saturated rings. The van der Waals surface area contributed by atoms with Crippen LogP contribution in [0.15, 0.2) is 51.8 Å². The maximum atomic E-state index is 12.3. The second-order valence-electron chi connectivity index (χ2n) is 4.81. The van der Waals surface area contributed by atoms with Crippen LogP contribution in [0.4, 0.5) is 0 Å². The number of carbonyl (C=O) groups is 1. The van der Waals surface area contributed by atoms with Crippen molar-refractivity contribution in [3.8, 4) is 0 Å². The number of hydrogen-bond donors (Lipinski definition) is 2. The average molecular weight is 383 g/mol. The maximum absolute atomic E-state index is 12.3. The van der Waals surface area contributed by atoms with Gasteiger partial charge >= 0.3 is 0 Å². The number of nitrogens with one attached hydrogen (secondary N) is 2. The summed E-state index contributed by atoms with van der Waals surface area (Å²) in [7, 11) is -3.83. The summed E-state index contributed by atoms with van der Waals surface area (Å²) in [6, 6.07) is 11.9. The maximum Gasteiger partial charge on any atom is 0.267 e. The number of aryl methyl sites for hydroxylation is 2. The molecule has 116 valence electrons. The van der Waals surface area contributed by atoms with Crippen molar-refractivity contribution in [1.82, 2.24) is 10.3 Å². The minimum absolute atomic E-state index is 0.139. The van der Waals surface area contributed by atoms with Gasteiger partial charge in [-0.25, -0.2) is 8.42 Å². The number of amides is 1. The molecule has 2 rings (SSSR count). The van der Waals surface area contributed by atoms with Crippen molar-refractivity contribution in [2.45, 2.75) is 18.7 Å². The fourth-order valence-electron chi connectivity index (χ4n) is 1.88. The zero-order chi connectivity index (χ0) is 16.3. The van der Waals surface area contributed by atoms with Crippen molar-refractivity contribution in [3.63, 3.8) is 0 Å². The third kappa shape index (κ3) is 3.73. The Morgan fingerprint density at radius 3 is 2.45 bits per heavy atom. The smallest absolute Gasteiger partial charge is 0.267 e. The van der Waals surface area contributed by atoms with Crippen LogP contribution in [0, 0.1) is 13.8 Å². The first kappa shape index (κ1) is 16.7. The predicted octanol–water partition coefficient (Wildman–Crippen LogP) is 2.69. The van der Waals surface area contributed by atoms with Crippen LogP contribution in [-0.4, -0.2) is 14.3 Å². The van der Waals surface area contributed by atoms with Crippen LogP contribution in [0.2, 0.25) is 0 Å². The molecular formula is C15H15BrN2O3S. The molecule has 7 heteroatoms. The first-order chi connectivity index (χ1) is 10.3. The van der Waals surface area contributed by atoms with Gasteiger partial charge in [-0.05, 0) is 59.1 Å². The molecule has 2 aromatic rings. The van der Waals surface area contributed by atoms with E-state index < -0.39 is 15.9 Å². The van der Waals surface area contributed by atoms with Crippen LogP contribution in [0.5, 0.6) is 0 Å². The van der Waals surface area contributed by atoms with E-state index in [1.165, 1.54) is 0 Å². The number of hydrogen-bond acceptors (Lipinski definition) is 3. The molecule has 0 aliphatic rings. The van der Waals surface area contributed by atoms with Crippen molar-refractivity contribution >= 4 is 31.9 Å². The first-order valence-corrected chi connectivity index (χ1v) is 8.73. The second kappa shape index (κ2) is 6.60. The molecule has 22 heavy (non-hydrogen) atoms. The minimum Gasteiger partial charge on any atom is -0.273 e. The quantitative estimate of drug-likeness (QED) is 0.798. The summed E-state index contributed by atoms with van der Waals surface area (Å²) >= 11 is 3.25. The number of benzene rings is 2. The molecule has 0 saturated heterocycles. The van der Waals surface area contributed by atoms with E-state index in [0.29, 0.717) is 15.6 Å². The van der Waals surface area contributed by atoms with Crippen LogP contribution in [0.25, 0.3) is 0 Å². The highest BCUT2D eigenvalue weighted by Crippen LogP contribution is 2.17. The topological polar surface area (TPSA) is 75.3 Å². The Labute approximate surface area is 137 Å². The third-order valence-electron chi connectivity index (χ3n) is 3.05. The van der Waals surface area contributed by atoms with E-state index in [2.05, 4.69) is 26.2 Å². The molecule has 0 spiro atoms. The molecular weight excluding hydrogens is 368 g/mol. The molecule has 0 atom stereocenters. The summed E-state index contributed by atoms with van der Waals surface area (Å²) in [4.78, 5) is 14.3. The molecule has 0 radical (unpaired) electrons. The Bertz CT molecular complexity index is 819. The van der Waals surface area contributed by atoms with Gasteiger partial charge in [0, 0.05) is 4.47 Å². The Hall–Kier alpha value is -1.70. The lowest BCUT2D eigenvalue weighted by Crippen LogP contribution is -2.41. The lowest BCUT2D eigenvalue weighted by Gasteiger charge is -2.11. The zero-order valence-corrected chi connectivity index (χ0v) is 14.5. The first-order valence-electron chi connectivity index (χ1n) is 6.45. The standard InChI is InChI=1S/C15H15BrN2O3S/c1-10-7-8-11(2)14(9-10)22(20,21)18-17-15(19)12-5-3-4-6-13(12)16/h3-9,18H,1-2H3,(H,17,19). The number of hydrazine groups is 1. The number of sulfonamides is 1. The zero-order valence-electron chi connectivity index (χ0n) is 12.1. The summed E-state index contributed by atoms with van der Waals surface area (Å²) < 4.78 is 25.2. The molecule has 0 aliphatic heterocycles. The fourth-order valence-corrected chi connectivity index (χ4v) is 3.51. The van der Waals surface area contributed by atoms with E-state index in [4.69, 9.17) is 0 Å². The van der Waals surface area contributed by atoms with Crippen LogP contribution in [0.3, 0.4) is 0 Å².